The first-order chi connectivity index (χ1) is 7.16. The van der Waals surface area contributed by atoms with Gasteiger partial charge < -0.3 is 0 Å². The largest absolute Gasteiger partial charge is 0.295 e. The topological polar surface area (TPSA) is 17.1 Å². The second kappa shape index (κ2) is 5.92. The van der Waals surface area contributed by atoms with Gasteiger partial charge in [-0.25, -0.2) is 0 Å². The van der Waals surface area contributed by atoms with E-state index in [4.69, 9.17) is 11.6 Å². The van der Waals surface area contributed by atoms with Crippen LogP contribution in [0.4, 0.5) is 0 Å². The van der Waals surface area contributed by atoms with E-state index in [1.165, 1.54) is 12.8 Å². The van der Waals surface area contributed by atoms with Gasteiger partial charge in [0.05, 0.1) is 0 Å². The van der Waals surface area contributed by atoms with E-state index < -0.39 is 0 Å². The molecule has 0 saturated heterocycles. The van der Waals surface area contributed by atoms with Crippen LogP contribution in [-0.2, 0) is 6.42 Å². The van der Waals surface area contributed by atoms with Crippen molar-refractivity contribution in [3.63, 3.8) is 0 Å². The monoisotopic (exact) mass is 224 g/mol. The molecule has 0 aliphatic carbocycles. The molecule has 1 aromatic carbocycles. The van der Waals surface area contributed by atoms with Crippen molar-refractivity contribution in [2.45, 2.75) is 39.5 Å². The smallest absolute Gasteiger partial charge is 0.160 e. The van der Waals surface area contributed by atoms with Crippen LogP contribution in [0.5, 0.6) is 0 Å². The molecular formula is C13H17ClO. The van der Waals surface area contributed by atoms with Crippen molar-refractivity contribution in [2.24, 2.45) is 0 Å². The van der Waals surface area contributed by atoms with Crippen molar-refractivity contribution in [1.82, 2.24) is 0 Å². The van der Waals surface area contributed by atoms with Crippen LogP contribution in [0.2, 0.25) is 5.02 Å². The lowest BCUT2D eigenvalue weighted by Gasteiger charge is -2.08. The quantitative estimate of drug-likeness (QED) is 0.539. The van der Waals surface area contributed by atoms with Crippen molar-refractivity contribution < 1.29 is 4.79 Å². The summed E-state index contributed by atoms with van der Waals surface area (Å²) in [6.45, 7) is 3.76. The summed E-state index contributed by atoms with van der Waals surface area (Å²) >= 11 is 6.10. The average Bonchev–Trinajstić information content (AvgIpc) is 2.20. The highest BCUT2D eigenvalue weighted by molar-refractivity contribution is 6.31. The van der Waals surface area contributed by atoms with Crippen molar-refractivity contribution in [3.05, 3.63) is 34.3 Å². The van der Waals surface area contributed by atoms with Crippen molar-refractivity contribution >= 4 is 17.4 Å². The third kappa shape index (κ3) is 3.35. The van der Waals surface area contributed by atoms with Gasteiger partial charge in [-0.1, -0.05) is 43.5 Å². The molecule has 0 radical (unpaired) electrons. The van der Waals surface area contributed by atoms with E-state index >= 15 is 0 Å². The fourth-order valence-electron chi connectivity index (χ4n) is 1.69. The lowest BCUT2D eigenvalue weighted by Crippen LogP contribution is -2.00. The van der Waals surface area contributed by atoms with Gasteiger partial charge in [0.1, 0.15) is 0 Å². The van der Waals surface area contributed by atoms with E-state index in [0.717, 1.165) is 29.0 Å². The number of carbonyl (C=O) groups is 1. The molecule has 0 saturated carbocycles. The van der Waals surface area contributed by atoms with Gasteiger partial charge in [0.25, 0.3) is 0 Å². The second-order valence-corrected chi connectivity index (χ2v) is 4.19. The van der Waals surface area contributed by atoms with Crippen LogP contribution < -0.4 is 0 Å². The normalized spacial score (nSPS) is 10.3. The molecule has 0 aromatic heterocycles. The molecule has 0 amide bonds. The molecule has 1 nitrogen and oxygen atoms in total. The van der Waals surface area contributed by atoms with Crippen LogP contribution in [0.1, 0.15) is 49.0 Å². The summed E-state index contributed by atoms with van der Waals surface area (Å²) in [5, 5.41) is 0.721. The zero-order valence-electron chi connectivity index (χ0n) is 9.35. The number of ketones is 1. The van der Waals surface area contributed by atoms with E-state index in [1.54, 1.807) is 6.92 Å². The minimum Gasteiger partial charge on any atom is -0.295 e. The maximum absolute atomic E-state index is 11.4. The molecular weight excluding hydrogens is 208 g/mol. The van der Waals surface area contributed by atoms with Crippen LogP contribution in [0.15, 0.2) is 18.2 Å². The fourth-order valence-corrected chi connectivity index (χ4v) is 1.96. The molecule has 15 heavy (non-hydrogen) atoms. The first-order valence-electron chi connectivity index (χ1n) is 5.45. The summed E-state index contributed by atoms with van der Waals surface area (Å²) < 4.78 is 0. The number of rotatable bonds is 5. The minimum absolute atomic E-state index is 0.101. The number of benzene rings is 1. The van der Waals surface area contributed by atoms with Gasteiger partial charge in [-0.15, -0.1) is 0 Å². The third-order valence-electron chi connectivity index (χ3n) is 2.53. The predicted molar refractivity (Wildman–Crippen MR) is 64.7 cm³/mol. The number of hydrogen-bond acceptors (Lipinski definition) is 1. The Balaban J connectivity index is 2.87. The highest BCUT2D eigenvalue weighted by Gasteiger charge is 2.09. The SMILES string of the molecule is CCCCCc1c(Cl)cccc1C(C)=O. The van der Waals surface area contributed by atoms with Crippen LogP contribution in [0.3, 0.4) is 0 Å². The number of halogens is 1. The summed E-state index contributed by atoms with van der Waals surface area (Å²) in [5.74, 6) is 0.101. The van der Waals surface area contributed by atoms with Gasteiger partial charge in [0, 0.05) is 10.6 Å². The van der Waals surface area contributed by atoms with Gasteiger partial charge in [-0.3, -0.25) is 4.79 Å². The lowest BCUT2D eigenvalue weighted by molar-refractivity contribution is 0.101. The maximum Gasteiger partial charge on any atom is 0.160 e. The van der Waals surface area contributed by atoms with E-state index in [0.29, 0.717) is 0 Å². The third-order valence-corrected chi connectivity index (χ3v) is 2.88. The van der Waals surface area contributed by atoms with Crippen LogP contribution in [-0.4, -0.2) is 5.78 Å². The molecule has 1 aromatic rings. The molecule has 0 atom stereocenters. The Kier molecular flexibility index (Phi) is 4.83. The first-order valence-corrected chi connectivity index (χ1v) is 5.83. The average molecular weight is 225 g/mol. The minimum atomic E-state index is 0.101. The zero-order valence-corrected chi connectivity index (χ0v) is 10.1. The Morgan fingerprint density at radius 1 is 1.33 bits per heavy atom. The molecule has 0 heterocycles. The number of unbranched alkanes of at least 4 members (excludes halogenated alkanes) is 2. The molecule has 0 spiro atoms. The Labute approximate surface area is 96.5 Å². The Morgan fingerprint density at radius 2 is 2.07 bits per heavy atom. The van der Waals surface area contributed by atoms with Crippen LogP contribution in [0.25, 0.3) is 0 Å². The molecule has 2 heteroatoms. The van der Waals surface area contributed by atoms with Gasteiger partial charge in [-0.05, 0) is 31.4 Å². The molecule has 0 fully saturated rings. The molecule has 1 rings (SSSR count). The van der Waals surface area contributed by atoms with E-state index in [9.17, 15) is 4.79 Å². The molecule has 0 N–H and O–H groups in total. The highest BCUT2D eigenvalue weighted by atomic mass is 35.5. The first kappa shape index (κ1) is 12.3. The summed E-state index contributed by atoms with van der Waals surface area (Å²) in [6, 6.07) is 5.55. The Hall–Kier alpha value is -0.820. The predicted octanol–water partition coefficient (Wildman–Crippen LogP) is 4.28. The highest BCUT2D eigenvalue weighted by Crippen LogP contribution is 2.22. The Bertz CT molecular complexity index is 344. The molecule has 82 valence electrons. The molecule has 0 aliphatic rings. The lowest BCUT2D eigenvalue weighted by atomic mass is 9.99. The summed E-state index contributed by atoms with van der Waals surface area (Å²) in [6.07, 6.45) is 4.37. The van der Waals surface area contributed by atoms with Crippen molar-refractivity contribution in [1.29, 1.82) is 0 Å². The molecule has 0 bridgehead atoms. The molecule has 0 unspecified atom stereocenters. The number of Topliss-reactive ketones (excluding diaryl/α,β-unsaturated/α-hetero) is 1. The van der Waals surface area contributed by atoms with Gasteiger partial charge >= 0.3 is 0 Å². The second-order valence-electron chi connectivity index (χ2n) is 3.78. The van der Waals surface area contributed by atoms with Gasteiger partial charge in [0.2, 0.25) is 0 Å². The number of carbonyl (C=O) groups excluding carboxylic acids is 1. The van der Waals surface area contributed by atoms with E-state index in [1.807, 2.05) is 18.2 Å². The van der Waals surface area contributed by atoms with E-state index in [2.05, 4.69) is 6.92 Å². The fraction of sp³-hybridized carbons (Fsp3) is 0.462. The van der Waals surface area contributed by atoms with Crippen LogP contribution >= 0.6 is 11.6 Å². The van der Waals surface area contributed by atoms with E-state index in [-0.39, 0.29) is 5.78 Å². The van der Waals surface area contributed by atoms with Crippen molar-refractivity contribution in [3.8, 4) is 0 Å². The van der Waals surface area contributed by atoms with Gasteiger partial charge in [-0.2, -0.15) is 0 Å². The Morgan fingerprint density at radius 3 is 2.67 bits per heavy atom. The summed E-state index contributed by atoms with van der Waals surface area (Å²) in [4.78, 5) is 11.4. The maximum atomic E-state index is 11.4. The van der Waals surface area contributed by atoms with Crippen LogP contribution in [0, 0.1) is 0 Å². The van der Waals surface area contributed by atoms with Crippen molar-refractivity contribution in [2.75, 3.05) is 0 Å². The molecule has 0 aliphatic heterocycles. The summed E-state index contributed by atoms with van der Waals surface area (Å²) in [5.41, 5.74) is 1.79. The standard InChI is InChI=1S/C13H17ClO/c1-3-4-5-7-12-11(10(2)15)8-6-9-13(12)14/h6,8-9H,3-5,7H2,1-2H3. The summed E-state index contributed by atoms with van der Waals surface area (Å²) in [7, 11) is 0. The zero-order chi connectivity index (χ0) is 11.3. The van der Waals surface area contributed by atoms with Gasteiger partial charge in [0.15, 0.2) is 5.78 Å². The number of hydrogen-bond donors (Lipinski definition) is 0.